The van der Waals surface area contributed by atoms with E-state index >= 15 is 0 Å². The van der Waals surface area contributed by atoms with E-state index in [1.807, 2.05) is 0 Å². The van der Waals surface area contributed by atoms with Gasteiger partial charge in [-0.3, -0.25) is 9.59 Å². The number of ether oxygens (including phenoxy) is 1. The predicted molar refractivity (Wildman–Crippen MR) is 173 cm³/mol. The summed E-state index contributed by atoms with van der Waals surface area (Å²) in [7, 11) is -1.44. The first-order valence-corrected chi connectivity index (χ1v) is 19.3. The van der Waals surface area contributed by atoms with E-state index in [2.05, 4.69) is 52.7 Å². The molecule has 1 N–H and O–H groups in total. The molecule has 19 heteroatoms. The zero-order valence-electron chi connectivity index (χ0n) is 26.8. The lowest BCUT2D eigenvalue weighted by molar-refractivity contribution is -0.139. The average molecular weight is 721 g/mol. The van der Waals surface area contributed by atoms with Crippen molar-refractivity contribution in [2.75, 3.05) is 49.5 Å². The van der Waals surface area contributed by atoms with Gasteiger partial charge in [0.25, 0.3) is 11.5 Å². The number of halogens is 6. The zero-order valence-corrected chi connectivity index (χ0v) is 28.7. The quantitative estimate of drug-likeness (QED) is 0.150. The summed E-state index contributed by atoms with van der Waals surface area (Å²) < 4.78 is 86.7. The number of anilines is 2. The molecule has 0 unspecified atom stereocenters. The Kier molecular flexibility index (Phi) is 11.6. The summed E-state index contributed by atoms with van der Waals surface area (Å²) in [5.41, 5.74) is -3.81. The van der Waals surface area contributed by atoms with Crippen molar-refractivity contribution >= 4 is 38.2 Å². The summed E-state index contributed by atoms with van der Waals surface area (Å²) in [4.78, 5) is 38.7. The first-order valence-electron chi connectivity index (χ1n) is 15.1. The molecule has 0 radical (unpaired) electrons. The molecule has 4 rings (SSSR count). The third kappa shape index (κ3) is 9.74. The highest BCUT2D eigenvalue weighted by Gasteiger charge is 2.39. The lowest BCUT2D eigenvalue weighted by Gasteiger charge is -2.36. The Morgan fingerprint density at radius 1 is 1.06 bits per heavy atom. The van der Waals surface area contributed by atoms with E-state index in [0.29, 0.717) is 30.0 Å². The molecule has 1 amide bonds. The molecular weight excluding hydrogens is 683 g/mol. The number of piperazine rings is 1. The van der Waals surface area contributed by atoms with Crippen LogP contribution in [0.3, 0.4) is 0 Å². The van der Waals surface area contributed by atoms with E-state index in [4.69, 9.17) is 4.74 Å². The number of rotatable bonds is 11. The third-order valence-electron chi connectivity index (χ3n) is 7.58. The Balaban J connectivity index is 1.38. The predicted octanol–water partition coefficient (Wildman–Crippen LogP) is 4.54. The maximum absolute atomic E-state index is 14.1. The fourth-order valence-corrected chi connectivity index (χ4v) is 5.93. The van der Waals surface area contributed by atoms with Crippen LogP contribution in [0.4, 0.5) is 38.0 Å². The number of hydrogen-bond acceptors (Lipinski definition) is 10. The highest BCUT2D eigenvalue weighted by atomic mass is 32.1. The molecule has 2 atom stereocenters. The van der Waals surface area contributed by atoms with Gasteiger partial charge in [-0.1, -0.05) is 25.7 Å². The molecular formula is C29H38F6N8O3SSi. The van der Waals surface area contributed by atoms with E-state index in [1.54, 1.807) is 40.0 Å². The van der Waals surface area contributed by atoms with E-state index < -0.39 is 60.9 Å². The van der Waals surface area contributed by atoms with Crippen molar-refractivity contribution in [3.05, 3.63) is 64.0 Å². The number of aromatic nitrogens is 4. The van der Waals surface area contributed by atoms with Gasteiger partial charge in [-0.25, -0.2) is 14.6 Å². The maximum atomic E-state index is 14.1. The van der Waals surface area contributed by atoms with Gasteiger partial charge in [0.1, 0.15) is 12.3 Å². The van der Waals surface area contributed by atoms with Gasteiger partial charge in [0.15, 0.2) is 0 Å². The Morgan fingerprint density at radius 3 is 2.29 bits per heavy atom. The smallest absolute Gasteiger partial charge is 0.379 e. The first-order chi connectivity index (χ1) is 22.3. The van der Waals surface area contributed by atoms with E-state index in [-0.39, 0.29) is 31.5 Å². The molecule has 264 valence electrons. The van der Waals surface area contributed by atoms with Gasteiger partial charge in [-0.2, -0.15) is 44.1 Å². The summed E-state index contributed by atoms with van der Waals surface area (Å²) >= 11 is 4.52. The molecule has 0 aromatic carbocycles. The molecule has 2 aliphatic rings. The monoisotopic (exact) mass is 720 g/mol. The number of thiol groups is 1. The number of carbonyl (C=O) groups excluding carboxylic acids is 1. The molecule has 11 nitrogen and oxygen atoms in total. The number of nitrogens with zero attached hydrogens (tertiary/aromatic N) is 7. The normalized spacial score (nSPS) is 18.2. The molecule has 0 bridgehead atoms. The SMILES string of the molecule is C[C@@H](CN1C=C(C(=O)N2CCN(c3ncc(C(F)(F)F)cn3)CC2)C=C[C@@H]1S)Nc1cnn(COCC[Si](C)(C)C)c(=O)c1C(F)(F)F. The molecule has 0 spiro atoms. The highest BCUT2D eigenvalue weighted by molar-refractivity contribution is 7.81. The molecule has 48 heavy (non-hydrogen) atoms. The lowest BCUT2D eigenvalue weighted by atomic mass is 10.1. The van der Waals surface area contributed by atoms with Crippen LogP contribution in [-0.4, -0.2) is 94.3 Å². The molecule has 4 heterocycles. The summed E-state index contributed by atoms with van der Waals surface area (Å²) in [6.45, 7) is 9.16. The standard InChI is InChI=1S/C29H38F6N8O3SSi/c1-19(39-22-15-38-43(18-46-11-12-48(2,3)4)26(45)24(22)29(33,34)35)16-42-17-20(5-6-23(42)47)25(44)40-7-9-41(10-8-40)27-36-13-21(14-37-27)28(30,31)32/h5-6,13-15,17,19,23,39,47H,7-12,16,18H2,1-4H3/t19-,23-/m0/s1. The van der Waals surface area contributed by atoms with E-state index in [9.17, 15) is 35.9 Å². The summed E-state index contributed by atoms with van der Waals surface area (Å²) in [5, 5.41) is 6.16. The third-order valence-corrected chi connectivity index (χ3v) is 9.75. The van der Waals surface area contributed by atoms with Crippen LogP contribution in [0.5, 0.6) is 0 Å². The molecule has 2 aliphatic heterocycles. The van der Waals surface area contributed by atoms with Crippen LogP contribution < -0.4 is 15.8 Å². The van der Waals surface area contributed by atoms with Crippen LogP contribution in [0, 0.1) is 0 Å². The highest BCUT2D eigenvalue weighted by Crippen LogP contribution is 2.32. The number of amides is 1. The Bertz CT molecular complexity index is 1550. The molecule has 2 aromatic rings. The van der Waals surface area contributed by atoms with Gasteiger partial charge in [-0.15, -0.1) is 0 Å². The largest absolute Gasteiger partial charge is 0.423 e. The van der Waals surface area contributed by atoms with Crippen molar-refractivity contribution in [1.29, 1.82) is 0 Å². The van der Waals surface area contributed by atoms with Crippen LogP contribution in [0.25, 0.3) is 0 Å². The van der Waals surface area contributed by atoms with Gasteiger partial charge in [0.2, 0.25) is 5.95 Å². The fraction of sp³-hybridized carbons (Fsp3) is 0.552. The number of nitrogens with one attached hydrogen (secondary N) is 1. The minimum atomic E-state index is -4.95. The summed E-state index contributed by atoms with van der Waals surface area (Å²) in [5.74, 6) is -0.172. The minimum absolute atomic E-state index is 0.120. The van der Waals surface area contributed by atoms with Crippen LogP contribution in [0.2, 0.25) is 25.7 Å². The van der Waals surface area contributed by atoms with Crippen LogP contribution in [0.1, 0.15) is 18.1 Å². The van der Waals surface area contributed by atoms with Crippen molar-refractivity contribution < 1.29 is 35.9 Å². The Labute approximate surface area is 280 Å². The fourth-order valence-electron chi connectivity index (χ4n) is 4.93. The van der Waals surface area contributed by atoms with Crippen molar-refractivity contribution in [2.24, 2.45) is 0 Å². The van der Waals surface area contributed by atoms with Crippen LogP contribution in [-0.2, 0) is 28.6 Å². The molecule has 0 saturated carbocycles. The van der Waals surface area contributed by atoms with E-state index in [1.165, 1.54) is 0 Å². The van der Waals surface area contributed by atoms with Gasteiger partial charge < -0.3 is 24.8 Å². The molecule has 0 aliphatic carbocycles. The van der Waals surface area contributed by atoms with Crippen LogP contribution in [0.15, 0.2) is 47.3 Å². The lowest BCUT2D eigenvalue weighted by Crippen LogP contribution is -2.50. The van der Waals surface area contributed by atoms with Crippen molar-refractivity contribution in [2.45, 2.75) is 63.1 Å². The average Bonchev–Trinajstić information content (AvgIpc) is 2.99. The Morgan fingerprint density at radius 2 is 1.71 bits per heavy atom. The topological polar surface area (TPSA) is 109 Å². The second-order valence-electron chi connectivity index (χ2n) is 12.7. The van der Waals surface area contributed by atoms with Gasteiger partial charge in [0, 0.05) is 72.0 Å². The van der Waals surface area contributed by atoms with Crippen molar-refractivity contribution in [3.8, 4) is 0 Å². The maximum Gasteiger partial charge on any atom is 0.423 e. The van der Waals surface area contributed by atoms with Crippen LogP contribution >= 0.6 is 12.6 Å². The van der Waals surface area contributed by atoms with Gasteiger partial charge >= 0.3 is 12.4 Å². The van der Waals surface area contributed by atoms with Gasteiger partial charge in [-0.05, 0) is 19.0 Å². The Hall–Kier alpha value is -3.58. The molecule has 1 saturated heterocycles. The zero-order chi connectivity index (χ0) is 35.4. The first kappa shape index (κ1) is 37.2. The van der Waals surface area contributed by atoms with E-state index in [0.717, 1.165) is 24.6 Å². The second kappa shape index (κ2) is 14.9. The number of carbonyl (C=O) groups is 1. The number of hydrogen-bond donors (Lipinski definition) is 2. The van der Waals surface area contributed by atoms with Crippen molar-refractivity contribution in [3.63, 3.8) is 0 Å². The molecule has 1 fully saturated rings. The van der Waals surface area contributed by atoms with Gasteiger partial charge in [0.05, 0.1) is 28.4 Å². The van der Waals surface area contributed by atoms with Crippen molar-refractivity contribution in [1.82, 2.24) is 29.5 Å². The molecule has 2 aromatic heterocycles. The summed E-state index contributed by atoms with van der Waals surface area (Å²) in [6.07, 6.45) is -2.26. The number of alkyl halides is 6. The second-order valence-corrected chi connectivity index (χ2v) is 18.9. The summed E-state index contributed by atoms with van der Waals surface area (Å²) in [6, 6.07) is 0.139. The minimum Gasteiger partial charge on any atom is -0.379 e.